The summed E-state index contributed by atoms with van der Waals surface area (Å²) in [5.41, 5.74) is 8.53. The third-order valence-corrected chi connectivity index (χ3v) is 3.35. The van der Waals surface area contributed by atoms with Crippen LogP contribution < -0.4 is 10.5 Å². The van der Waals surface area contributed by atoms with Gasteiger partial charge in [0.25, 0.3) is 0 Å². The molecule has 0 aliphatic heterocycles. The summed E-state index contributed by atoms with van der Waals surface area (Å²) in [4.78, 5) is 7.59. The van der Waals surface area contributed by atoms with Crippen LogP contribution in [-0.4, -0.2) is 16.1 Å². The average molecular weight is 231 g/mol. The second-order valence-corrected chi connectivity index (χ2v) is 4.59. The van der Waals surface area contributed by atoms with Crippen molar-refractivity contribution in [3.8, 4) is 5.75 Å². The molecule has 0 bridgehead atoms. The molecule has 17 heavy (non-hydrogen) atoms. The van der Waals surface area contributed by atoms with Crippen molar-refractivity contribution in [3.05, 3.63) is 24.0 Å². The van der Waals surface area contributed by atoms with Gasteiger partial charge in [0.05, 0.1) is 11.6 Å². The van der Waals surface area contributed by atoms with Gasteiger partial charge in [-0.3, -0.25) is 4.98 Å². The lowest BCUT2D eigenvalue weighted by Crippen LogP contribution is -2.11. The number of rotatable bonds is 3. The lowest BCUT2D eigenvalue weighted by atomic mass is 10.3. The summed E-state index contributed by atoms with van der Waals surface area (Å²) < 4.78 is 6.03. The Hall–Kier alpha value is -1.55. The van der Waals surface area contributed by atoms with E-state index in [0.29, 0.717) is 12.6 Å². The van der Waals surface area contributed by atoms with Crippen molar-refractivity contribution in [1.82, 2.24) is 9.97 Å². The number of nitrogens with two attached hydrogens (primary N) is 1. The molecular weight excluding hydrogens is 214 g/mol. The third-order valence-electron chi connectivity index (χ3n) is 3.35. The first-order valence-electron chi connectivity index (χ1n) is 6.20. The molecule has 3 rings (SSSR count). The van der Waals surface area contributed by atoms with E-state index in [2.05, 4.69) is 9.97 Å². The topological polar surface area (TPSA) is 63.9 Å². The summed E-state index contributed by atoms with van der Waals surface area (Å²) in [5, 5.41) is 0. The number of hydrogen-bond acceptors (Lipinski definition) is 3. The highest BCUT2D eigenvalue weighted by molar-refractivity contribution is 5.82. The van der Waals surface area contributed by atoms with Crippen LogP contribution in [0.15, 0.2) is 18.3 Å². The molecule has 2 heterocycles. The number of nitrogens with one attached hydrogen (secondary N) is 1. The van der Waals surface area contributed by atoms with Crippen molar-refractivity contribution >= 4 is 11.0 Å². The largest absolute Gasteiger partial charge is 0.488 e. The first kappa shape index (κ1) is 10.6. The van der Waals surface area contributed by atoms with Crippen molar-refractivity contribution in [3.63, 3.8) is 0 Å². The molecule has 1 aliphatic rings. The predicted octanol–water partition coefficient (Wildman–Crippen LogP) is 2.34. The number of fused-ring (bicyclic) bond motifs is 1. The van der Waals surface area contributed by atoms with Gasteiger partial charge in [-0.05, 0) is 31.7 Å². The van der Waals surface area contributed by atoms with E-state index in [4.69, 9.17) is 10.5 Å². The summed E-state index contributed by atoms with van der Waals surface area (Å²) in [6.45, 7) is 0.499. The number of aromatic nitrogens is 2. The lowest BCUT2D eigenvalue weighted by Gasteiger charge is -2.13. The van der Waals surface area contributed by atoms with Gasteiger partial charge in [0.1, 0.15) is 11.3 Å². The van der Waals surface area contributed by atoms with Crippen LogP contribution in [0.4, 0.5) is 0 Å². The zero-order chi connectivity index (χ0) is 11.7. The second-order valence-electron chi connectivity index (χ2n) is 4.59. The summed E-state index contributed by atoms with van der Waals surface area (Å²) in [6.07, 6.45) is 7.03. The highest BCUT2D eigenvalue weighted by Gasteiger charge is 2.18. The molecule has 4 nitrogen and oxygen atoms in total. The minimum Gasteiger partial charge on any atom is -0.488 e. The molecule has 90 valence electrons. The fraction of sp³-hybridized carbons (Fsp3) is 0.462. The lowest BCUT2D eigenvalue weighted by molar-refractivity contribution is 0.212. The van der Waals surface area contributed by atoms with Crippen LogP contribution in [0.1, 0.15) is 31.4 Å². The predicted molar refractivity (Wildman–Crippen MR) is 66.9 cm³/mol. The maximum Gasteiger partial charge on any atom is 0.146 e. The van der Waals surface area contributed by atoms with Crippen LogP contribution in [0, 0.1) is 0 Å². The van der Waals surface area contributed by atoms with Crippen LogP contribution in [0.2, 0.25) is 0 Å². The van der Waals surface area contributed by atoms with Gasteiger partial charge in [-0.1, -0.05) is 0 Å². The van der Waals surface area contributed by atoms with E-state index in [1.165, 1.54) is 12.8 Å². The molecule has 3 N–H and O–H groups in total. The minimum absolute atomic E-state index is 0.366. The van der Waals surface area contributed by atoms with Gasteiger partial charge >= 0.3 is 0 Å². The number of hydrogen-bond donors (Lipinski definition) is 2. The van der Waals surface area contributed by atoms with Gasteiger partial charge in [-0.25, -0.2) is 0 Å². The summed E-state index contributed by atoms with van der Waals surface area (Å²) in [6, 6.07) is 3.91. The van der Waals surface area contributed by atoms with Crippen molar-refractivity contribution in [1.29, 1.82) is 0 Å². The van der Waals surface area contributed by atoms with E-state index in [9.17, 15) is 0 Å². The van der Waals surface area contributed by atoms with E-state index < -0.39 is 0 Å². The normalized spacial score (nSPS) is 16.8. The Kier molecular flexibility index (Phi) is 2.73. The van der Waals surface area contributed by atoms with E-state index in [0.717, 1.165) is 35.3 Å². The Balaban J connectivity index is 1.94. The maximum absolute atomic E-state index is 6.03. The maximum atomic E-state index is 6.03. The Morgan fingerprint density at radius 3 is 3.00 bits per heavy atom. The monoisotopic (exact) mass is 231 g/mol. The molecule has 0 amide bonds. The average Bonchev–Trinajstić information content (AvgIpc) is 2.97. The highest BCUT2D eigenvalue weighted by Crippen LogP contribution is 2.28. The van der Waals surface area contributed by atoms with Crippen molar-refractivity contribution in [2.45, 2.75) is 38.3 Å². The number of pyridine rings is 1. The molecule has 0 aromatic carbocycles. The van der Waals surface area contributed by atoms with Crippen LogP contribution in [-0.2, 0) is 6.54 Å². The quantitative estimate of drug-likeness (QED) is 0.852. The molecule has 0 radical (unpaired) electrons. The molecule has 4 heteroatoms. The SMILES string of the molecule is NCc1cc2nccc(OC3CCCC3)c2[nH]1. The zero-order valence-electron chi connectivity index (χ0n) is 9.78. The van der Waals surface area contributed by atoms with E-state index in [1.807, 2.05) is 12.1 Å². The fourth-order valence-electron chi connectivity index (χ4n) is 2.45. The van der Waals surface area contributed by atoms with E-state index >= 15 is 0 Å². The number of nitrogens with zero attached hydrogens (tertiary/aromatic N) is 1. The first-order chi connectivity index (χ1) is 8.36. The zero-order valence-corrected chi connectivity index (χ0v) is 9.78. The molecule has 0 saturated heterocycles. The molecule has 1 saturated carbocycles. The fourth-order valence-corrected chi connectivity index (χ4v) is 2.45. The van der Waals surface area contributed by atoms with E-state index in [1.54, 1.807) is 6.20 Å². The molecule has 1 fully saturated rings. The van der Waals surface area contributed by atoms with E-state index in [-0.39, 0.29) is 0 Å². The Morgan fingerprint density at radius 2 is 2.24 bits per heavy atom. The van der Waals surface area contributed by atoms with Gasteiger partial charge < -0.3 is 15.5 Å². The highest BCUT2D eigenvalue weighted by atomic mass is 16.5. The van der Waals surface area contributed by atoms with Gasteiger partial charge in [0.2, 0.25) is 0 Å². The minimum atomic E-state index is 0.366. The van der Waals surface area contributed by atoms with Crippen LogP contribution in [0.5, 0.6) is 5.75 Å². The Morgan fingerprint density at radius 1 is 1.41 bits per heavy atom. The second kappa shape index (κ2) is 4.37. The van der Waals surface area contributed by atoms with Crippen LogP contribution in [0.25, 0.3) is 11.0 Å². The van der Waals surface area contributed by atoms with Crippen molar-refractivity contribution in [2.24, 2.45) is 5.73 Å². The Labute approximate surface area is 100 Å². The molecule has 0 atom stereocenters. The summed E-state index contributed by atoms with van der Waals surface area (Å²) >= 11 is 0. The summed E-state index contributed by atoms with van der Waals surface area (Å²) in [7, 11) is 0. The smallest absolute Gasteiger partial charge is 0.146 e. The molecular formula is C13H17N3O. The Bertz CT molecular complexity index is 514. The van der Waals surface area contributed by atoms with Crippen LogP contribution in [0.3, 0.4) is 0 Å². The third kappa shape index (κ3) is 2.00. The molecule has 2 aromatic heterocycles. The standard InChI is InChI=1S/C13H17N3O/c14-8-9-7-11-13(16-9)12(5-6-15-11)17-10-3-1-2-4-10/h5-7,10,16H,1-4,8,14H2. The number of aromatic amines is 1. The van der Waals surface area contributed by atoms with Gasteiger partial charge in [-0.15, -0.1) is 0 Å². The van der Waals surface area contributed by atoms with Crippen molar-refractivity contribution in [2.75, 3.05) is 0 Å². The first-order valence-corrected chi connectivity index (χ1v) is 6.20. The summed E-state index contributed by atoms with van der Waals surface area (Å²) in [5.74, 6) is 0.904. The number of H-pyrrole nitrogens is 1. The molecule has 0 spiro atoms. The number of ether oxygens (including phenoxy) is 1. The molecule has 1 aliphatic carbocycles. The van der Waals surface area contributed by atoms with Gasteiger partial charge in [0, 0.05) is 24.5 Å². The van der Waals surface area contributed by atoms with Crippen LogP contribution >= 0.6 is 0 Å². The molecule has 2 aromatic rings. The molecule has 0 unspecified atom stereocenters. The van der Waals surface area contributed by atoms with Crippen molar-refractivity contribution < 1.29 is 4.74 Å². The van der Waals surface area contributed by atoms with Gasteiger partial charge in [0.15, 0.2) is 0 Å². The van der Waals surface area contributed by atoms with Gasteiger partial charge in [-0.2, -0.15) is 0 Å².